The van der Waals surface area contributed by atoms with Crippen LogP contribution in [0.2, 0.25) is 0 Å². The summed E-state index contributed by atoms with van der Waals surface area (Å²) in [7, 11) is 0. The van der Waals surface area contributed by atoms with Crippen LogP contribution in [0.15, 0.2) is 80.6 Å². The number of furan rings is 1. The molecule has 0 radical (unpaired) electrons. The van der Waals surface area contributed by atoms with Crippen LogP contribution in [-0.4, -0.2) is 5.11 Å². The molecular formula is C23H22NO4+. The molecule has 5 nitrogen and oxygen atoms in total. The van der Waals surface area contributed by atoms with Crippen molar-refractivity contribution in [3.63, 3.8) is 0 Å². The second-order valence-corrected chi connectivity index (χ2v) is 6.76. The van der Waals surface area contributed by atoms with E-state index in [1.165, 1.54) is 12.1 Å². The molecule has 5 heteroatoms. The summed E-state index contributed by atoms with van der Waals surface area (Å²) in [5, 5.41) is 13.1. The molecule has 0 unspecified atom stereocenters. The third-order valence-corrected chi connectivity index (χ3v) is 4.99. The Morgan fingerprint density at radius 2 is 1.86 bits per heavy atom. The van der Waals surface area contributed by atoms with Gasteiger partial charge in [0.15, 0.2) is 11.8 Å². The minimum absolute atomic E-state index is 0.0266. The van der Waals surface area contributed by atoms with Crippen LogP contribution in [-0.2, 0) is 13.0 Å². The highest BCUT2D eigenvalue weighted by atomic mass is 16.4. The van der Waals surface area contributed by atoms with Crippen LogP contribution < -0.4 is 10.9 Å². The van der Waals surface area contributed by atoms with Gasteiger partial charge in [-0.15, -0.1) is 0 Å². The zero-order valence-electron chi connectivity index (χ0n) is 15.6. The Kier molecular flexibility index (Phi) is 5.00. The van der Waals surface area contributed by atoms with Gasteiger partial charge in [-0.25, -0.2) is 4.79 Å². The SMILES string of the molecule is CCc1cc2c(C[NH2+][C@H](c3ccccc3)c3ccco3)cc(=O)oc2cc1O. The second-order valence-electron chi connectivity index (χ2n) is 6.76. The maximum absolute atomic E-state index is 12.0. The van der Waals surface area contributed by atoms with Gasteiger partial charge >= 0.3 is 5.63 Å². The van der Waals surface area contributed by atoms with Crippen LogP contribution in [0, 0.1) is 0 Å². The Balaban J connectivity index is 1.71. The van der Waals surface area contributed by atoms with Gasteiger partial charge in [-0.05, 0) is 30.2 Å². The number of hydrogen-bond donors (Lipinski definition) is 2. The summed E-state index contributed by atoms with van der Waals surface area (Å²) in [5.41, 5.74) is 2.80. The fraction of sp³-hybridized carbons (Fsp3) is 0.174. The molecule has 0 bridgehead atoms. The monoisotopic (exact) mass is 376 g/mol. The van der Waals surface area contributed by atoms with E-state index in [1.807, 2.05) is 43.3 Å². The fourth-order valence-corrected chi connectivity index (χ4v) is 3.55. The molecule has 0 saturated carbocycles. The van der Waals surface area contributed by atoms with E-state index < -0.39 is 5.63 Å². The predicted octanol–water partition coefficient (Wildman–Crippen LogP) is 3.51. The van der Waals surface area contributed by atoms with E-state index in [9.17, 15) is 9.90 Å². The Hall–Kier alpha value is -3.31. The van der Waals surface area contributed by atoms with Gasteiger partial charge in [0, 0.05) is 28.6 Å². The largest absolute Gasteiger partial charge is 0.508 e. The van der Waals surface area contributed by atoms with Crippen molar-refractivity contribution >= 4 is 11.0 Å². The van der Waals surface area contributed by atoms with E-state index in [2.05, 4.69) is 17.4 Å². The zero-order chi connectivity index (χ0) is 19.5. The van der Waals surface area contributed by atoms with Crippen LogP contribution in [0.5, 0.6) is 5.75 Å². The van der Waals surface area contributed by atoms with Crippen molar-refractivity contribution in [3.8, 4) is 5.75 Å². The van der Waals surface area contributed by atoms with Gasteiger partial charge < -0.3 is 19.3 Å². The van der Waals surface area contributed by atoms with E-state index in [1.54, 1.807) is 6.26 Å². The van der Waals surface area contributed by atoms with E-state index in [0.29, 0.717) is 18.5 Å². The van der Waals surface area contributed by atoms with Crippen molar-refractivity contribution in [2.45, 2.75) is 25.9 Å². The van der Waals surface area contributed by atoms with E-state index >= 15 is 0 Å². The Morgan fingerprint density at radius 3 is 2.57 bits per heavy atom. The number of phenolic OH excluding ortho intramolecular Hbond substituents is 1. The van der Waals surface area contributed by atoms with Crippen LogP contribution in [0.3, 0.4) is 0 Å². The maximum Gasteiger partial charge on any atom is 0.336 e. The molecule has 0 fully saturated rings. The molecule has 28 heavy (non-hydrogen) atoms. The topological polar surface area (TPSA) is 80.2 Å². The highest BCUT2D eigenvalue weighted by Crippen LogP contribution is 2.27. The van der Waals surface area contributed by atoms with E-state index in [-0.39, 0.29) is 11.8 Å². The van der Waals surface area contributed by atoms with E-state index in [4.69, 9.17) is 8.83 Å². The van der Waals surface area contributed by atoms with Gasteiger partial charge in [0.2, 0.25) is 0 Å². The fourth-order valence-electron chi connectivity index (χ4n) is 3.55. The Morgan fingerprint density at radius 1 is 1.04 bits per heavy atom. The molecule has 142 valence electrons. The molecule has 0 aliphatic heterocycles. The predicted molar refractivity (Wildman–Crippen MR) is 106 cm³/mol. The van der Waals surface area contributed by atoms with Crippen LogP contribution in [0.25, 0.3) is 11.0 Å². The van der Waals surface area contributed by atoms with Gasteiger partial charge in [0.1, 0.15) is 17.9 Å². The smallest absolute Gasteiger partial charge is 0.336 e. The van der Waals surface area contributed by atoms with Gasteiger partial charge in [0.25, 0.3) is 0 Å². The normalized spacial score (nSPS) is 12.3. The molecule has 3 N–H and O–H groups in total. The number of hydrogen-bond acceptors (Lipinski definition) is 4. The lowest BCUT2D eigenvalue weighted by Gasteiger charge is -2.15. The molecule has 0 saturated heterocycles. The van der Waals surface area contributed by atoms with Gasteiger partial charge in [-0.1, -0.05) is 37.3 Å². The molecule has 2 aromatic heterocycles. The van der Waals surface area contributed by atoms with Gasteiger partial charge in [-0.2, -0.15) is 0 Å². The van der Waals surface area contributed by atoms with Crippen LogP contribution in [0.1, 0.15) is 35.4 Å². The summed E-state index contributed by atoms with van der Waals surface area (Å²) in [6.45, 7) is 2.55. The molecule has 4 aromatic rings. The van der Waals surface area contributed by atoms with E-state index in [0.717, 1.165) is 27.8 Å². The number of aromatic hydroxyl groups is 1. The third kappa shape index (κ3) is 3.57. The van der Waals surface area contributed by atoms with Crippen molar-refractivity contribution in [2.24, 2.45) is 0 Å². The first-order valence-corrected chi connectivity index (χ1v) is 9.36. The highest BCUT2D eigenvalue weighted by molar-refractivity contribution is 5.82. The van der Waals surface area contributed by atoms with Crippen molar-refractivity contribution in [1.82, 2.24) is 0 Å². The standard InChI is InChI=1S/C23H21NO4/c1-2-15-11-18-17(12-22(26)28-21(18)13-19(15)25)14-24-23(20-9-6-10-27-20)16-7-4-3-5-8-16/h3-13,23-25H,2,14H2,1H3/p+1/t23-/m1/s1. The molecule has 2 aromatic carbocycles. The summed E-state index contributed by atoms with van der Waals surface area (Å²) in [5.74, 6) is 1.00. The number of quaternary nitrogens is 1. The summed E-state index contributed by atoms with van der Waals surface area (Å²) in [6.07, 6.45) is 2.37. The summed E-state index contributed by atoms with van der Waals surface area (Å²) in [4.78, 5) is 12.0. The number of benzene rings is 2. The molecule has 4 rings (SSSR count). The second kappa shape index (κ2) is 7.74. The molecule has 0 spiro atoms. The van der Waals surface area contributed by atoms with Gasteiger partial charge in [-0.3, -0.25) is 0 Å². The van der Waals surface area contributed by atoms with Crippen LogP contribution >= 0.6 is 0 Å². The first kappa shape index (κ1) is 18.1. The quantitative estimate of drug-likeness (QED) is 0.505. The highest BCUT2D eigenvalue weighted by Gasteiger charge is 2.21. The Bertz CT molecular complexity index is 1130. The average molecular weight is 376 g/mol. The number of fused-ring (bicyclic) bond motifs is 1. The van der Waals surface area contributed by atoms with Crippen molar-refractivity contribution in [3.05, 3.63) is 99.8 Å². The number of phenols is 1. The van der Waals surface area contributed by atoms with Crippen molar-refractivity contribution in [2.75, 3.05) is 0 Å². The minimum Gasteiger partial charge on any atom is -0.508 e. The number of rotatable bonds is 6. The molecule has 2 heterocycles. The summed E-state index contributed by atoms with van der Waals surface area (Å²) < 4.78 is 11.0. The average Bonchev–Trinajstić information content (AvgIpc) is 3.23. The molecular weight excluding hydrogens is 354 g/mol. The lowest BCUT2D eigenvalue weighted by molar-refractivity contribution is -0.704. The first-order valence-electron chi connectivity index (χ1n) is 9.36. The lowest BCUT2D eigenvalue weighted by Crippen LogP contribution is -2.83. The molecule has 0 amide bonds. The van der Waals surface area contributed by atoms with Crippen molar-refractivity contribution in [1.29, 1.82) is 0 Å². The number of aryl methyl sites for hydroxylation is 1. The lowest BCUT2D eigenvalue weighted by atomic mass is 10.0. The molecule has 0 aliphatic rings. The molecule has 0 aliphatic carbocycles. The first-order chi connectivity index (χ1) is 13.7. The number of nitrogens with two attached hydrogens (primary N) is 1. The van der Waals surface area contributed by atoms with Gasteiger partial charge in [0.05, 0.1) is 6.26 Å². The minimum atomic E-state index is -0.422. The maximum atomic E-state index is 12.0. The van der Waals surface area contributed by atoms with Crippen molar-refractivity contribution < 1.29 is 19.3 Å². The zero-order valence-corrected chi connectivity index (χ0v) is 15.6. The molecule has 1 atom stereocenters. The third-order valence-electron chi connectivity index (χ3n) is 4.99. The Labute approximate surface area is 162 Å². The van der Waals surface area contributed by atoms with Crippen LogP contribution in [0.4, 0.5) is 0 Å². The summed E-state index contributed by atoms with van der Waals surface area (Å²) in [6, 6.07) is 18.9. The summed E-state index contributed by atoms with van der Waals surface area (Å²) >= 11 is 0.